The van der Waals surface area contributed by atoms with E-state index < -0.39 is 5.97 Å². The van der Waals surface area contributed by atoms with Gasteiger partial charge in [0.1, 0.15) is 23.0 Å². The van der Waals surface area contributed by atoms with Crippen molar-refractivity contribution in [2.24, 2.45) is 7.05 Å². The Balaban J connectivity index is 2.46. The van der Waals surface area contributed by atoms with Crippen LogP contribution in [0, 0.1) is 0 Å². The van der Waals surface area contributed by atoms with E-state index in [9.17, 15) is 9.59 Å². The number of carbonyl (C=O) groups excluding carboxylic acids is 2. The van der Waals surface area contributed by atoms with Crippen LogP contribution in [0.15, 0.2) is 17.6 Å². The third kappa shape index (κ3) is 3.48. The maximum atomic E-state index is 12.3. The summed E-state index contributed by atoms with van der Waals surface area (Å²) in [6.45, 7) is 0.218. The number of hydrogen-bond donors (Lipinski definition) is 0. The fourth-order valence-corrected chi connectivity index (χ4v) is 3.10. The first-order valence-corrected chi connectivity index (χ1v) is 8.01. The Labute approximate surface area is 142 Å². The van der Waals surface area contributed by atoms with Crippen molar-refractivity contribution in [3.63, 3.8) is 0 Å². The number of hydrogen-bond acceptors (Lipinski definition) is 6. The average molecular weight is 358 g/mol. The van der Waals surface area contributed by atoms with Crippen LogP contribution in [0.1, 0.15) is 15.2 Å². The number of aromatic nitrogens is 2. The maximum Gasteiger partial charge on any atom is 0.343 e. The van der Waals surface area contributed by atoms with Gasteiger partial charge in [0.05, 0.1) is 31.8 Å². The topological polar surface area (TPSA) is 73.7 Å². The number of alkyl halides is 1. The van der Waals surface area contributed by atoms with E-state index in [1.54, 1.807) is 14.2 Å². The van der Waals surface area contributed by atoms with Crippen LogP contribution in [0.5, 0.6) is 5.75 Å². The summed E-state index contributed by atoms with van der Waals surface area (Å²) >= 11 is 7.18. The zero-order valence-corrected chi connectivity index (χ0v) is 14.5. The molecule has 0 aliphatic heterocycles. The van der Waals surface area contributed by atoms with Crippen molar-refractivity contribution in [1.29, 1.82) is 0 Å². The molecule has 23 heavy (non-hydrogen) atoms. The first-order valence-electron chi connectivity index (χ1n) is 6.60. The van der Waals surface area contributed by atoms with Crippen LogP contribution >= 0.6 is 22.9 Å². The van der Waals surface area contributed by atoms with E-state index in [2.05, 4.69) is 5.10 Å². The van der Waals surface area contributed by atoms with Crippen LogP contribution in [0.2, 0.25) is 0 Å². The van der Waals surface area contributed by atoms with Gasteiger partial charge in [-0.05, 0) is 11.4 Å². The molecule has 0 aromatic carbocycles. The lowest BCUT2D eigenvalue weighted by Crippen LogP contribution is -2.34. The Hall–Kier alpha value is -2.06. The molecule has 0 radical (unpaired) electrons. The van der Waals surface area contributed by atoms with Gasteiger partial charge in [0.15, 0.2) is 0 Å². The summed E-state index contributed by atoms with van der Waals surface area (Å²) in [6.07, 6.45) is 1.36. The molecule has 0 fully saturated rings. The quantitative estimate of drug-likeness (QED) is 0.584. The number of ether oxygens (including phenoxy) is 2. The van der Waals surface area contributed by atoms with Gasteiger partial charge < -0.3 is 9.47 Å². The van der Waals surface area contributed by atoms with E-state index in [-0.39, 0.29) is 23.9 Å². The Morgan fingerprint density at radius 2 is 2.17 bits per heavy atom. The molecule has 0 saturated heterocycles. The smallest absolute Gasteiger partial charge is 0.343 e. The molecule has 2 aromatic rings. The van der Waals surface area contributed by atoms with Crippen molar-refractivity contribution in [3.8, 4) is 5.75 Å². The molecule has 0 aliphatic carbocycles. The van der Waals surface area contributed by atoms with Crippen LogP contribution in [0.4, 0.5) is 5.82 Å². The number of methoxy groups -OCH3 is 2. The highest BCUT2D eigenvalue weighted by atomic mass is 35.5. The Morgan fingerprint density at radius 3 is 2.78 bits per heavy atom. The minimum atomic E-state index is -0.571. The highest BCUT2D eigenvalue weighted by Crippen LogP contribution is 2.30. The number of amides is 1. The first kappa shape index (κ1) is 17.3. The summed E-state index contributed by atoms with van der Waals surface area (Å²) < 4.78 is 11.5. The number of anilines is 1. The third-order valence-corrected chi connectivity index (χ3v) is 4.33. The van der Waals surface area contributed by atoms with Gasteiger partial charge in [0.25, 0.3) is 0 Å². The molecule has 0 aliphatic rings. The second-order valence-electron chi connectivity index (χ2n) is 4.52. The molecule has 0 atom stereocenters. The summed E-state index contributed by atoms with van der Waals surface area (Å²) in [5.41, 5.74) is 0.198. The molecular formula is C14H16ClN3O4S. The molecule has 7 nitrogen and oxygen atoms in total. The largest absolute Gasteiger partial charge is 0.496 e. The predicted octanol–water partition coefficient (Wildman–Crippen LogP) is 2.05. The number of carbonyl (C=O) groups is 2. The average Bonchev–Trinajstić information content (AvgIpc) is 3.17. The SMILES string of the molecule is COC(=O)c1cnn(C)c1N(Cc1sccc1OC)C(=O)CCl. The summed E-state index contributed by atoms with van der Waals surface area (Å²) in [7, 11) is 4.47. The van der Waals surface area contributed by atoms with Crippen LogP contribution in [-0.4, -0.2) is 41.8 Å². The van der Waals surface area contributed by atoms with E-state index in [4.69, 9.17) is 21.1 Å². The Morgan fingerprint density at radius 1 is 1.43 bits per heavy atom. The van der Waals surface area contributed by atoms with Gasteiger partial charge in [-0.1, -0.05) is 0 Å². The molecule has 0 saturated carbocycles. The molecule has 2 rings (SSSR count). The molecule has 0 N–H and O–H groups in total. The summed E-state index contributed by atoms with van der Waals surface area (Å²) in [5, 5.41) is 5.91. The van der Waals surface area contributed by atoms with Crippen LogP contribution in [0.3, 0.4) is 0 Å². The van der Waals surface area contributed by atoms with Gasteiger partial charge >= 0.3 is 5.97 Å². The van der Waals surface area contributed by atoms with Crippen molar-refractivity contribution in [3.05, 3.63) is 28.1 Å². The van der Waals surface area contributed by atoms with Crippen molar-refractivity contribution < 1.29 is 19.1 Å². The van der Waals surface area contributed by atoms with Gasteiger partial charge in [0, 0.05) is 7.05 Å². The van der Waals surface area contributed by atoms with E-state index in [1.807, 2.05) is 11.4 Å². The number of thiophene rings is 1. The lowest BCUT2D eigenvalue weighted by molar-refractivity contribution is -0.116. The molecule has 2 aromatic heterocycles. The van der Waals surface area contributed by atoms with Gasteiger partial charge in [0.2, 0.25) is 5.91 Å². The highest BCUT2D eigenvalue weighted by Gasteiger charge is 2.27. The number of esters is 1. The summed E-state index contributed by atoms with van der Waals surface area (Å²) in [6, 6.07) is 1.81. The molecule has 2 heterocycles. The van der Waals surface area contributed by atoms with Gasteiger partial charge in [-0.3, -0.25) is 14.4 Å². The zero-order chi connectivity index (χ0) is 17.0. The Bertz CT molecular complexity index is 713. The van der Waals surface area contributed by atoms with Gasteiger partial charge in [-0.25, -0.2) is 4.79 Å². The number of aryl methyl sites for hydroxylation is 1. The monoisotopic (exact) mass is 357 g/mol. The highest BCUT2D eigenvalue weighted by molar-refractivity contribution is 7.10. The van der Waals surface area contributed by atoms with Crippen molar-refractivity contribution in [1.82, 2.24) is 9.78 Å². The van der Waals surface area contributed by atoms with Gasteiger partial charge in [-0.15, -0.1) is 22.9 Å². The van der Waals surface area contributed by atoms with Crippen molar-refractivity contribution in [2.45, 2.75) is 6.54 Å². The zero-order valence-electron chi connectivity index (χ0n) is 12.9. The van der Waals surface area contributed by atoms with Crippen LogP contribution < -0.4 is 9.64 Å². The number of rotatable bonds is 6. The van der Waals surface area contributed by atoms with Crippen LogP contribution in [-0.2, 0) is 23.1 Å². The first-order chi connectivity index (χ1) is 11.0. The van der Waals surface area contributed by atoms with Crippen molar-refractivity contribution in [2.75, 3.05) is 25.0 Å². The lowest BCUT2D eigenvalue weighted by Gasteiger charge is -2.22. The number of halogens is 1. The second-order valence-corrected chi connectivity index (χ2v) is 5.79. The fourth-order valence-electron chi connectivity index (χ4n) is 2.13. The molecular weight excluding hydrogens is 342 g/mol. The normalized spacial score (nSPS) is 10.4. The summed E-state index contributed by atoms with van der Waals surface area (Å²) in [4.78, 5) is 26.5. The lowest BCUT2D eigenvalue weighted by atomic mass is 10.3. The Kier molecular flexibility index (Phi) is 5.62. The standard InChI is InChI=1S/C14H16ClN3O4S/c1-17-13(9(7-16-17)14(20)22-3)18(12(19)6-15)8-11-10(21-2)4-5-23-11/h4-5,7H,6,8H2,1-3H3. The fraction of sp³-hybridized carbons (Fsp3) is 0.357. The molecule has 0 bridgehead atoms. The minimum Gasteiger partial charge on any atom is -0.496 e. The van der Waals surface area contributed by atoms with E-state index in [1.165, 1.54) is 34.2 Å². The second kappa shape index (κ2) is 7.47. The summed E-state index contributed by atoms with van der Waals surface area (Å²) in [5.74, 6) is -0.143. The molecule has 124 valence electrons. The van der Waals surface area contributed by atoms with E-state index in [0.29, 0.717) is 11.6 Å². The van der Waals surface area contributed by atoms with Crippen LogP contribution in [0.25, 0.3) is 0 Å². The van der Waals surface area contributed by atoms with Crippen molar-refractivity contribution >= 4 is 40.6 Å². The minimum absolute atomic E-state index is 0.198. The third-order valence-electron chi connectivity index (χ3n) is 3.21. The predicted molar refractivity (Wildman–Crippen MR) is 87.3 cm³/mol. The van der Waals surface area contributed by atoms with E-state index >= 15 is 0 Å². The number of nitrogens with zero attached hydrogens (tertiary/aromatic N) is 3. The molecule has 0 unspecified atom stereocenters. The molecule has 1 amide bonds. The van der Waals surface area contributed by atoms with E-state index in [0.717, 1.165) is 4.88 Å². The molecule has 0 spiro atoms. The van der Waals surface area contributed by atoms with Gasteiger partial charge in [-0.2, -0.15) is 5.10 Å². The molecule has 9 heteroatoms. The maximum absolute atomic E-state index is 12.3.